The number of Topliss-reactive ketones (excluding diaryl/α,β-unsaturated/α-hetero) is 2. The van der Waals surface area contributed by atoms with Crippen molar-refractivity contribution in [2.45, 2.75) is 19.3 Å². The molecular formula is C23H20O2. The molecule has 2 heteroatoms. The molecule has 0 heterocycles. The molecule has 2 fully saturated rings. The van der Waals surface area contributed by atoms with Gasteiger partial charge in [-0.2, -0.15) is 0 Å². The monoisotopic (exact) mass is 328 g/mol. The molecule has 0 spiro atoms. The molecule has 2 nitrogen and oxygen atoms in total. The lowest BCUT2D eigenvalue weighted by Crippen LogP contribution is -2.37. The largest absolute Gasteiger partial charge is 0.294 e. The van der Waals surface area contributed by atoms with Crippen molar-refractivity contribution in [1.82, 2.24) is 0 Å². The Morgan fingerprint density at radius 3 is 1.44 bits per heavy atom. The Morgan fingerprint density at radius 2 is 1.04 bits per heavy atom. The summed E-state index contributed by atoms with van der Waals surface area (Å²) in [4.78, 5) is 25.7. The van der Waals surface area contributed by atoms with Crippen molar-refractivity contribution in [3.8, 4) is 0 Å². The highest BCUT2D eigenvalue weighted by molar-refractivity contribution is 6.10. The van der Waals surface area contributed by atoms with Crippen LogP contribution in [0.5, 0.6) is 0 Å². The molecule has 2 atom stereocenters. The minimum atomic E-state index is -0.0543. The smallest absolute Gasteiger partial charge is 0.162 e. The van der Waals surface area contributed by atoms with Crippen LogP contribution in [-0.4, -0.2) is 11.6 Å². The Labute approximate surface area is 147 Å². The van der Waals surface area contributed by atoms with Crippen LogP contribution in [-0.2, 0) is 9.59 Å². The van der Waals surface area contributed by atoms with Gasteiger partial charge in [-0.25, -0.2) is 0 Å². The van der Waals surface area contributed by atoms with Gasteiger partial charge in [-0.1, -0.05) is 60.7 Å². The number of hydrogen-bond acceptors (Lipinski definition) is 2. The molecule has 0 N–H and O–H groups in total. The predicted molar refractivity (Wildman–Crippen MR) is 99.7 cm³/mol. The second-order valence-electron chi connectivity index (χ2n) is 6.93. The molecule has 2 aromatic carbocycles. The highest BCUT2D eigenvalue weighted by Crippen LogP contribution is 2.41. The summed E-state index contributed by atoms with van der Waals surface area (Å²) < 4.78 is 0. The molecular weight excluding hydrogens is 308 g/mol. The number of rotatable bonds is 2. The fourth-order valence-corrected chi connectivity index (χ4v) is 3.93. The molecule has 0 saturated heterocycles. The Kier molecular flexibility index (Phi) is 4.19. The van der Waals surface area contributed by atoms with E-state index in [0.717, 1.165) is 22.3 Å². The Hall–Kier alpha value is -2.74. The lowest BCUT2D eigenvalue weighted by Gasteiger charge is -2.35. The van der Waals surface area contributed by atoms with Crippen molar-refractivity contribution in [2.75, 3.05) is 0 Å². The first kappa shape index (κ1) is 15.8. The third-order valence-corrected chi connectivity index (χ3v) is 5.16. The Balaban J connectivity index is 1.62. The summed E-state index contributed by atoms with van der Waals surface area (Å²) in [7, 11) is 0. The van der Waals surface area contributed by atoms with Gasteiger partial charge < -0.3 is 0 Å². The van der Waals surface area contributed by atoms with Gasteiger partial charge in [0.05, 0.1) is 0 Å². The third-order valence-electron chi connectivity index (χ3n) is 5.16. The van der Waals surface area contributed by atoms with Crippen LogP contribution in [0.3, 0.4) is 0 Å². The summed E-state index contributed by atoms with van der Waals surface area (Å²) in [6, 6.07) is 19.8. The van der Waals surface area contributed by atoms with Gasteiger partial charge in [0.25, 0.3) is 0 Å². The fraction of sp³-hybridized carbons (Fsp3) is 0.217. The van der Waals surface area contributed by atoms with E-state index in [2.05, 4.69) is 0 Å². The van der Waals surface area contributed by atoms with Crippen LogP contribution in [0.15, 0.2) is 71.8 Å². The number of fused-ring (bicyclic) bond motifs is 2. The molecule has 124 valence electrons. The third kappa shape index (κ3) is 3.25. The van der Waals surface area contributed by atoms with Crippen molar-refractivity contribution in [3.63, 3.8) is 0 Å². The maximum absolute atomic E-state index is 12.8. The average Bonchev–Trinajstić information content (AvgIpc) is 2.65. The number of carbonyl (C=O) groups excluding carboxylic acids is 2. The second-order valence-corrected chi connectivity index (χ2v) is 6.93. The van der Waals surface area contributed by atoms with Gasteiger partial charge in [-0.05, 0) is 53.7 Å². The van der Waals surface area contributed by atoms with Crippen LogP contribution in [0.2, 0.25) is 0 Å². The molecule has 0 aliphatic heterocycles. The summed E-state index contributed by atoms with van der Waals surface area (Å²) in [6.45, 7) is 0. The Bertz CT molecular complexity index is 786. The van der Waals surface area contributed by atoms with Crippen LogP contribution in [0.25, 0.3) is 12.2 Å². The van der Waals surface area contributed by atoms with Crippen LogP contribution in [0.1, 0.15) is 30.4 Å². The normalized spacial score (nSPS) is 26.2. The van der Waals surface area contributed by atoms with Crippen molar-refractivity contribution in [3.05, 3.63) is 82.9 Å². The highest BCUT2D eigenvalue weighted by atomic mass is 16.1. The molecule has 4 rings (SSSR count). The number of allylic oxidation sites excluding steroid dienone is 2. The van der Waals surface area contributed by atoms with Gasteiger partial charge in [-0.3, -0.25) is 9.59 Å². The molecule has 2 aliphatic rings. The zero-order chi connectivity index (χ0) is 17.2. The zero-order valence-electron chi connectivity index (χ0n) is 14.0. The number of hydrogen-bond donors (Lipinski definition) is 0. The fourth-order valence-electron chi connectivity index (χ4n) is 3.93. The topological polar surface area (TPSA) is 34.1 Å². The summed E-state index contributed by atoms with van der Waals surface area (Å²) in [5, 5.41) is 0. The van der Waals surface area contributed by atoms with E-state index in [-0.39, 0.29) is 23.4 Å². The van der Waals surface area contributed by atoms with Gasteiger partial charge >= 0.3 is 0 Å². The predicted octanol–water partition coefficient (Wildman–Crippen LogP) is 4.72. The highest BCUT2D eigenvalue weighted by Gasteiger charge is 2.41. The summed E-state index contributed by atoms with van der Waals surface area (Å²) in [5.41, 5.74) is 3.66. The minimum absolute atomic E-state index is 0.0543. The molecule has 0 aromatic heterocycles. The molecule has 2 aromatic rings. The van der Waals surface area contributed by atoms with Crippen LogP contribution >= 0.6 is 0 Å². The maximum Gasteiger partial charge on any atom is 0.162 e. The van der Waals surface area contributed by atoms with E-state index >= 15 is 0 Å². The number of ketones is 2. The number of carbonyl (C=O) groups is 2. The van der Waals surface area contributed by atoms with E-state index < -0.39 is 0 Å². The molecule has 2 saturated carbocycles. The zero-order valence-corrected chi connectivity index (χ0v) is 14.0. The van der Waals surface area contributed by atoms with Crippen molar-refractivity contribution < 1.29 is 9.59 Å². The first-order valence-electron chi connectivity index (χ1n) is 8.80. The van der Waals surface area contributed by atoms with E-state index in [9.17, 15) is 9.59 Å². The standard InChI is InChI=1S/C23H20O2/c24-22-18(11-16-7-3-1-4-8-16)13-20-15-21(22)14-19(23(20)25)12-17-9-5-2-6-10-17/h1-12,20-21H,13-15H2/b18-11+,19-12+/t20-,21-/m0/s1. The van der Waals surface area contributed by atoms with Gasteiger partial charge in [0.2, 0.25) is 0 Å². The average molecular weight is 328 g/mol. The van der Waals surface area contributed by atoms with Crippen LogP contribution < -0.4 is 0 Å². The quantitative estimate of drug-likeness (QED) is 0.747. The van der Waals surface area contributed by atoms with Gasteiger partial charge in [-0.15, -0.1) is 0 Å². The van der Waals surface area contributed by atoms with E-state index in [1.807, 2.05) is 72.8 Å². The van der Waals surface area contributed by atoms with Crippen LogP contribution in [0.4, 0.5) is 0 Å². The van der Waals surface area contributed by atoms with E-state index in [1.54, 1.807) is 0 Å². The molecule has 0 radical (unpaired) electrons. The summed E-state index contributed by atoms with van der Waals surface area (Å²) in [5.74, 6) is 0.320. The lowest BCUT2D eigenvalue weighted by molar-refractivity contribution is -0.127. The molecule has 25 heavy (non-hydrogen) atoms. The van der Waals surface area contributed by atoms with E-state index in [4.69, 9.17) is 0 Å². The van der Waals surface area contributed by atoms with E-state index in [1.165, 1.54) is 0 Å². The molecule has 0 unspecified atom stereocenters. The van der Waals surface area contributed by atoms with Crippen LogP contribution in [0, 0.1) is 11.8 Å². The maximum atomic E-state index is 12.8. The summed E-state index contributed by atoms with van der Waals surface area (Å²) in [6.07, 6.45) is 5.75. The SMILES string of the molecule is O=C1/C(=C/c2ccccc2)C[C@H]2C[C@@H]1C/C(=C\c1ccccc1)C2=O. The van der Waals surface area contributed by atoms with Gasteiger partial charge in [0, 0.05) is 11.8 Å². The van der Waals surface area contributed by atoms with Gasteiger partial charge in [0.15, 0.2) is 11.6 Å². The number of benzene rings is 2. The lowest BCUT2D eigenvalue weighted by atomic mass is 9.66. The van der Waals surface area contributed by atoms with Crippen molar-refractivity contribution in [1.29, 1.82) is 0 Å². The Morgan fingerprint density at radius 1 is 0.640 bits per heavy atom. The minimum Gasteiger partial charge on any atom is -0.294 e. The van der Waals surface area contributed by atoms with Crippen molar-refractivity contribution in [2.24, 2.45) is 11.8 Å². The molecule has 2 aliphatic carbocycles. The summed E-state index contributed by atoms with van der Waals surface area (Å²) >= 11 is 0. The van der Waals surface area contributed by atoms with Gasteiger partial charge in [0.1, 0.15) is 0 Å². The first-order chi connectivity index (χ1) is 12.2. The first-order valence-corrected chi connectivity index (χ1v) is 8.80. The second kappa shape index (κ2) is 6.64. The van der Waals surface area contributed by atoms with Crippen molar-refractivity contribution >= 4 is 23.7 Å². The van der Waals surface area contributed by atoms with E-state index in [0.29, 0.717) is 19.3 Å². The molecule has 2 bridgehead atoms. The molecule has 0 amide bonds.